The lowest BCUT2D eigenvalue weighted by Crippen LogP contribution is -2.40. The van der Waals surface area contributed by atoms with Gasteiger partial charge in [-0.25, -0.2) is 13.1 Å². The minimum Gasteiger partial charge on any atom is -0.349 e. The lowest BCUT2D eigenvalue weighted by Gasteiger charge is -2.22. The number of rotatable bonds is 6. The van der Waals surface area contributed by atoms with Gasteiger partial charge in [-0.2, -0.15) is 0 Å². The van der Waals surface area contributed by atoms with E-state index in [2.05, 4.69) is 21.9 Å². The molecule has 2 rings (SSSR count). The maximum atomic E-state index is 12.3. The van der Waals surface area contributed by atoms with Crippen molar-refractivity contribution in [2.75, 3.05) is 26.7 Å². The topological polar surface area (TPSA) is 83.4 Å². The van der Waals surface area contributed by atoms with Crippen molar-refractivity contribution in [2.24, 2.45) is 7.05 Å². The molecule has 7 nitrogen and oxygen atoms in total. The molecule has 1 amide bonds. The molecule has 0 aromatic carbocycles. The van der Waals surface area contributed by atoms with E-state index in [4.69, 9.17) is 0 Å². The highest BCUT2D eigenvalue weighted by Gasteiger charge is 2.24. The van der Waals surface area contributed by atoms with Gasteiger partial charge in [0, 0.05) is 25.8 Å². The van der Waals surface area contributed by atoms with Gasteiger partial charge in [0.15, 0.2) is 0 Å². The maximum absolute atomic E-state index is 12.3. The number of likely N-dealkylation sites (N-methyl/N-ethyl adjacent to an activating group) is 1. The molecular formula is C14H24N4O3S. The van der Waals surface area contributed by atoms with E-state index < -0.39 is 10.0 Å². The minimum absolute atomic E-state index is 0.0960. The Morgan fingerprint density at radius 2 is 2.18 bits per heavy atom. The zero-order valence-corrected chi connectivity index (χ0v) is 14.1. The summed E-state index contributed by atoms with van der Waals surface area (Å²) in [5.41, 5.74) is 0.342. The predicted molar refractivity (Wildman–Crippen MR) is 84.3 cm³/mol. The van der Waals surface area contributed by atoms with Gasteiger partial charge in [0.25, 0.3) is 5.91 Å². The van der Waals surface area contributed by atoms with Crippen LogP contribution in [0.4, 0.5) is 0 Å². The van der Waals surface area contributed by atoms with Gasteiger partial charge in [-0.05, 0) is 39.0 Å². The Labute approximate surface area is 131 Å². The third-order valence-electron chi connectivity index (χ3n) is 4.20. The molecule has 0 aliphatic carbocycles. The van der Waals surface area contributed by atoms with Gasteiger partial charge in [0.2, 0.25) is 10.0 Å². The summed E-state index contributed by atoms with van der Waals surface area (Å²) in [6, 6.07) is 1.77. The lowest BCUT2D eigenvalue weighted by molar-refractivity contribution is 0.0933. The Balaban J connectivity index is 2.04. The highest BCUT2D eigenvalue weighted by Crippen LogP contribution is 2.16. The molecule has 1 atom stereocenters. The Bertz CT molecular complexity index is 639. The molecule has 0 radical (unpaired) electrons. The van der Waals surface area contributed by atoms with Crippen LogP contribution in [0, 0.1) is 0 Å². The van der Waals surface area contributed by atoms with Crippen LogP contribution in [0.1, 0.15) is 30.3 Å². The van der Waals surface area contributed by atoms with E-state index in [9.17, 15) is 13.2 Å². The molecule has 2 N–H and O–H groups in total. The summed E-state index contributed by atoms with van der Waals surface area (Å²) >= 11 is 0. The fourth-order valence-electron chi connectivity index (χ4n) is 2.87. The summed E-state index contributed by atoms with van der Waals surface area (Å²) in [5, 5.41) is 2.91. The lowest BCUT2D eigenvalue weighted by atomic mass is 10.2. The van der Waals surface area contributed by atoms with Crippen LogP contribution in [0.3, 0.4) is 0 Å². The number of nitrogens with one attached hydrogen (secondary N) is 2. The smallest absolute Gasteiger partial charge is 0.267 e. The van der Waals surface area contributed by atoms with Gasteiger partial charge >= 0.3 is 0 Å². The zero-order chi connectivity index (χ0) is 16.3. The first-order chi connectivity index (χ1) is 10.4. The Kier molecular flexibility index (Phi) is 5.25. The first-order valence-corrected chi connectivity index (χ1v) is 8.99. The van der Waals surface area contributed by atoms with Crippen LogP contribution in [0.5, 0.6) is 0 Å². The van der Waals surface area contributed by atoms with Crippen LogP contribution in [-0.2, 0) is 17.1 Å². The van der Waals surface area contributed by atoms with Gasteiger partial charge in [-0.1, -0.05) is 6.92 Å². The quantitative estimate of drug-likeness (QED) is 0.778. The zero-order valence-electron chi connectivity index (χ0n) is 13.3. The van der Waals surface area contributed by atoms with E-state index in [-0.39, 0.29) is 10.8 Å². The minimum atomic E-state index is -3.54. The van der Waals surface area contributed by atoms with E-state index in [0.717, 1.165) is 25.9 Å². The van der Waals surface area contributed by atoms with Crippen molar-refractivity contribution in [1.82, 2.24) is 19.5 Å². The van der Waals surface area contributed by atoms with Crippen molar-refractivity contribution in [1.29, 1.82) is 0 Å². The molecule has 0 saturated carbocycles. The molecule has 1 saturated heterocycles. The van der Waals surface area contributed by atoms with E-state index >= 15 is 0 Å². The molecule has 1 aliphatic rings. The van der Waals surface area contributed by atoms with Gasteiger partial charge in [-0.3, -0.25) is 9.69 Å². The Morgan fingerprint density at radius 3 is 2.82 bits per heavy atom. The van der Waals surface area contributed by atoms with E-state index in [1.165, 1.54) is 23.9 Å². The van der Waals surface area contributed by atoms with E-state index in [1.54, 1.807) is 7.05 Å². The third-order valence-corrected chi connectivity index (χ3v) is 5.58. The van der Waals surface area contributed by atoms with Gasteiger partial charge < -0.3 is 9.88 Å². The number of aromatic nitrogens is 1. The summed E-state index contributed by atoms with van der Waals surface area (Å²) in [4.78, 5) is 14.7. The molecular weight excluding hydrogens is 304 g/mol. The second-order valence-electron chi connectivity index (χ2n) is 5.51. The molecule has 1 aromatic rings. The first kappa shape index (κ1) is 17.0. The number of amides is 1. The fraction of sp³-hybridized carbons (Fsp3) is 0.643. The number of carbonyl (C=O) groups is 1. The van der Waals surface area contributed by atoms with Crippen molar-refractivity contribution in [3.8, 4) is 0 Å². The van der Waals surface area contributed by atoms with E-state index in [0.29, 0.717) is 18.3 Å². The van der Waals surface area contributed by atoms with Gasteiger partial charge in [0.05, 0.1) is 0 Å². The molecule has 0 bridgehead atoms. The molecule has 1 aliphatic heterocycles. The predicted octanol–water partition coefficient (Wildman–Crippen LogP) is 0.147. The average Bonchev–Trinajstić information content (AvgIpc) is 3.11. The molecule has 2 heterocycles. The molecule has 22 heavy (non-hydrogen) atoms. The number of sulfonamides is 1. The van der Waals surface area contributed by atoms with Crippen molar-refractivity contribution in [3.05, 3.63) is 18.0 Å². The molecule has 0 unspecified atom stereocenters. The number of hydrogen-bond donors (Lipinski definition) is 2. The summed E-state index contributed by atoms with van der Waals surface area (Å²) in [6.45, 7) is 4.76. The summed E-state index contributed by atoms with van der Waals surface area (Å²) < 4.78 is 27.3. The van der Waals surface area contributed by atoms with Gasteiger partial charge in [0.1, 0.15) is 10.6 Å². The Hall–Kier alpha value is -1.38. The van der Waals surface area contributed by atoms with Crippen LogP contribution in [-0.4, -0.2) is 56.5 Å². The van der Waals surface area contributed by atoms with Crippen LogP contribution < -0.4 is 10.0 Å². The van der Waals surface area contributed by atoms with Crippen molar-refractivity contribution in [2.45, 2.75) is 30.7 Å². The number of nitrogens with zero attached hydrogens (tertiary/aromatic N) is 2. The van der Waals surface area contributed by atoms with Crippen LogP contribution in [0.25, 0.3) is 0 Å². The molecule has 1 aromatic heterocycles. The van der Waals surface area contributed by atoms with Crippen LogP contribution in [0.2, 0.25) is 0 Å². The van der Waals surface area contributed by atoms with E-state index in [1.807, 2.05) is 0 Å². The number of likely N-dealkylation sites (tertiary alicyclic amines) is 1. The van der Waals surface area contributed by atoms with Crippen LogP contribution in [0.15, 0.2) is 17.2 Å². The largest absolute Gasteiger partial charge is 0.349 e. The summed E-state index contributed by atoms with van der Waals surface area (Å²) in [7, 11) is -0.523. The maximum Gasteiger partial charge on any atom is 0.267 e. The van der Waals surface area contributed by atoms with Crippen molar-refractivity contribution < 1.29 is 13.2 Å². The summed E-state index contributed by atoms with van der Waals surface area (Å²) in [6.07, 6.45) is 3.68. The third kappa shape index (κ3) is 3.50. The monoisotopic (exact) mass is 328 g/mol. The highest BCUT2D eigenvalue weighted by atomic mass is 32.2. The van der Waals surface area contributed by atoms with Crippen molar-refractivity contribution >= 4 is 15.9 Å². The Morgan fingerprint density at radius 1 is 1.45 bits per heavy atom. The number of hydrogen-bond acceptors (Lipinski definition) is 4. The number of carbonyl (C=O) groups excluding carboxylic acids is 1. The highest BCUT2D eigenvalue weighted by molar-refractivity contribution is 7.89. The molecule has 0 spiro atoms. The first-order valence-electron chi connectivity index (χ1n) is 7.51. The molecule has 124 valence electrons. The van der Waals surface area contributed by atoms with Gasteiger partial charge in [-0.15, -0.1) is 0 Å². The van der Waals surface area contributed by atoms with Crippen LogP contribution >= 0.6 is 0 Å². The van der Waals surface area contributed by atoms with Crippen molar-refractivity contribution in [3.63, 3.8) is 0 Å². The fourth-order valence-corrected chi connectivity index (χ4v) is 3.67. The number of aryl methyl sites for hydroxylation is 1. The molecule has 8 heteroatoms. The normalized spacial score (nSPS) is 19.5. The average molecular weight is 328 g/mol. The summed E-state index contributed by atoms with van der Waals surface area (Å²) in [5.74, 6) is -0.247. The standard InChI is InChI=1S/C14H24N4O3S/c1-4-18-7-5-6-11(18)9-16-14(19)13-8-12(10-17(13)3)22(20,21)15-2/h8,10-11,15H,4-7,9H2,1-3H3,(H,16,19)/t11-/m0/s1. The SMILES string of the molecule is CCN1CCC[C@H]1CNC(=O)c1cc(S(=O)(=O)NC)cn1C. The second kappa shape index (κ2) is 6.80. The molecule has 1 fully saturated rings. The second-order valence-corrected chi connectivity index (χ2v) is 7.40.